The van der Waals surface area contributed by atoms with Crippen molar-refractivity contribution in [3.63, 3.8) is 0 Å². The number of nitrogens with zero attached hydrogens (tertiary/aromatic N) is 2. The van der Waals surface area contributed by atoms with E-state index in [1.54, 1.807) is 26.2 Å². The van der Waals surface area contributed by atoms with Gasteiger partial charge in [-0.25, -0.2) is 5.01 Å². The quantitative estimate of drug-likeness (QED) is 0.850. The van der Waals surface area contributed by atoms with Gasteiger partial charge in [0.1, 0.15) is 11.5 Å². The molecule has 1 aliphatic heterocycles. The topological polar surface area (TPSA) is 51.1 Å². The number of hydrazone groups is 1. The molecule has 1 amide bonds. The van der Waals surface area contributed by atoms with Gasteiger partial charge in [-0.05, 0) is 36.6 Å². The Morgan fingerprint density at radius 1 is 1.15 bits per heavy atom. The lowest BCUT2D eigenvalue weighted by atomic mass is 9.77. The molecule has 5 heteroatoms. The first-order chi connectivity index (χ1) is 12.6. The molecule has 2 aliphatic rings. The van der Waals surface area contributed by atoms with Crippen LogP contribution in [0.1, 0.15) is 36.1 Å². The molecular formula is C21H22N2O3. The Hall–Kier alpha value is -2.82. The second-order valence-corrected chi connectivity index (χ2v) is 6.70. The van der Waals surface area contributed by atoms with Gasteiger partial charge in [0.15, 0.2) is 0 Å². The van der Waals surface area contributed by atoms with Crippen molar-refractivity contribution in [3.05, 3.63) is 59.2 Å². The minimum absolute atomic E-state index is 0.0627. The number of amides is 1. The third-order valence-electron chi connectivity index (χ3n) is 5.31. The highest BCUT2D eigenvalue weighted by Gasteiger charge is 2.44. The molecule has 0 fully saturated rings. The second kappa shape index (κ2) is 6.48. The first-order valence-electron chi connectivity index (χ1n) is 8.82. The van der Waals surface area contributed by atoms with Crippen molar-refractivity contribution in [2.24, 2.45) is 11.0 Å². The molecule has 26 heavy (non-hydrogen) atoms. The van der Waals surface area contributed by atoms with Crippen molar-refractivity contribution in [2.45, 2.75) is 25.8 Å². The highest BCUT2D eigenvalue weighted by molar-refractivity contribution is 6.07. The molecule has 2 aromatic carbocycles. The summed E-state index contributed by atoms with van der Waals surface area (Å²) in [5, 5.41) is 6.37. The van der Waals surface area contributed by atoms with Gasteiger partial charge >= 0.3 is 0 Å². The highest BCUT2D eigenvalue weighted by atomic mass is 16.5. The SMILES string of the molecule is COc1ccc2c(c1)C1=NN(C(C)=O)[C@@H](c3ccccc3OC)[C@H]1CC2. The van der Waals surface area contributed by atoms with Crippen LogP contribution >= 0.6 is 0 Å². The molecule has 0 N–H and O–H groups in total. The van der Waals surface area contributed by atoms with Gasteiger partial charge in [0.2, 0.25) is 5.91 Å². The molecule has 0 unspecified atom stereocenters. The van der Waals surface area contributed by atoms with Gasteiger partial charge in [0.25, 0.3) is 0 Å². The normalized spacial score (nSPS) is 20.9. The largest absolute Gasteiger partial charge is 0.497 e. The number of carbonyl (C=O) groups is 1. The number of hydrogen-bond acceptors (Lipinski definition) is 4. The summed E-state index contributed by atoms with van der Waals surface area (Å²) in [6, 6.07) is 13.9. The van der Waals surface area contributed by atoms with Crippen LogP contribution in [0.5, 0.6) is 11.5 Å². The Bertz CT molecular complexity index is 891. The maximum Gasteiger partial charge on any atom is 0.240 e. The van der Waals surface area contributed by atoms with E-state index >= 15 is 0 Å². The summed E-state index contributed by atoms with van der Waals surface area (Å²) < 4.78 is 11.0. The summed E-state index contributed by atoms with van der Waals surface area (Å²) >= 11 is 0. The Morgan fingerprint density at radius 2 is 1.96 bits per heavy atom. The van der Waals surface area contributed by atoms with Gasteiger partial charge in [-0.15, -0.1) is 0 Å². The van der Waals surface area contributed by atoms with Crippen LogP contribution in [-0.4, -0.2) is 30.8 Å². The molecule has 2 aromatic rings. The molecular weight excluding hydrogens is 328 g/mol. The first-order valence-corrected chi connectivity index (χ1v) is 8.82. The zero-order chi connectivity index (χ0) is 18.3. The van der Waals surface area contributed by atoms with Crippen LogP contribution in [-0.2, 0) is 11.2 Å². The van der Waals surface area contributed by atoms with E-state index in [-0.39, 0.29) is 17.9 Å². The predicted octanol–water partition coefficient (Wildman–Crippen LogP) is 3.57. The van der Waals surface area contributed by atoms with Gasteiger partial charge < -0.3 is 9.47 Å². The van der Waals surface area contributed by atoms with Crippen molar-refractivity contribution in [1.82, 2.24) is 5.01 Å². The van der Waals surface area contributed by atoms with E-state index in [4.69, 9.17) is 14.6 Å². The van der Waals surface area contributed by atoms with Crippen LogP contribution in [0.25, 0.3) is 0 Å². The number of aryl methyl sites for hydroxylation is 1. The molecule has 5 nitrogen and oxygen atoms in total. The van der Waals surface area contributed by atoms with E-state index in [9.17, 15) is 4.79 Å². The number of benzene rings is 2. The molecule has 0 saturated heterocycles. The molecule has 0 aromatic heterocycles. The minimum atomic E-state index is -0.141. The first kappa shape index (κ1) is 16.6. The Balaban J connectivity index is 1.83. The number of ether oxygens (including phenoxy) is 2. The van der Waals surface area contributed by atoms with Crippen LogP contribution in [0.3, 0.4) is 0 Å². The van der Waals surface area contributed by atoms with Gasteiger partial charge in [-0.3, -0.25) is 4.79 Å². The molecule has 134 valence electrons. The van der Waals surface area contributed by atoms with Crippen molar-refractivity contribution < 1.29 is 14.3 Å². The lowest BCUT2D eigenvalue weighted by molar-refractivity contribution is -0.131. The van der Waals surface area contributed by atoms with Crippen LogP contribution < -0.4 is 9.47 Å². The standard InChI is InChI=1S/C21H22N2O3/c1-13(24)23-21(16-6-4-5-7-19(16)26-3)17-11-9-14-8-10-15(25-2)12-18(14)20(17)22-23/h4-8,10,12,17,21H,9,11H2,1-3H3/t17-,21-/m0/s1. The molecule has 2 atom stereocenters. The van der Waals surface area contributed by atoms with E-state index in [0.717, 1.165) is 41.2 Å². The number of carbonyl (C=O) groups excluding carboxylic acids is 1. The van der Waals surface area contributed by atoms with Crippen LogP contribution in [0, 0.1) is 5.92 Å². The second-order valence-electron chi connectivity index (χ2n) is 6.70. The Kier molecular flexibility index (Phi) is 4.15. The average molecular weight is 350 g/mol. The van der Waals surface area contributed by atoms with Crippen LogP contribution in [0.2, 0.25) is 0 Å². The number of hydrogen-bond donors (Lipinski definition) is 0. The lowest BCUT2D eigenvalue weighted by Crippen LogP contribution is -2.31. The van der Waals surface area contributed by atoms with Crippen LogP contribution in [0.4, 0.5) is 0 Å². The lowest BCUT2D eigenvalue weighted by Gasteiger charge is -2.30. The number of rotatable bonds is 3. The summed E-state index contributed by atoms with van der Waals surface area (Å²) in [5.41, 5.74) is 4.31. The molecule has 0 spiro atoms. The summed E-state index contributed by atoms with van der Waals surface area (Å²) in [5.74, 6) is 1.68. The molecule has 0 radical (unpaired) electrons. The van der Waals surface area contributed by atoms with E-state index in [1.807, 2.05) is 36.4 Å². The fourth-order valence-electron chi connectivity index (χ4n) is 4.10. The smallest absolute Gasteiger partial charge is 0.240 e. The van der Waals surface area contributed by atoms with Gasteiger partial charge in [-0.1, -0.05) is 24.3 Å². The van der Waals surface area contributed by atoms with E-state index in [1.165, 1.54) is 5.56 Å². The third kappa shape index (κ3) is 2.55. The zero-order valence-electron chi connectivity index (χ0n) is 15.2. The van der Waals surface area contributed by atoms with Gasteiger partial charge in [0.05, 0.1) is 26.0 Å². The van der Waals surface area contributed by atoms with E-state index < -0.39 is 0 Å². The highest BCUT2D eigenvalue weighted by Crippen LogP contribution is 2.46. The molecule has 0 saturated carbocycles. The van der Waals surface area contributed by atoms with E-state index in [0.29, 0.717) is 0 Å². The molecule has 1 heterocycles. The molecule has 1 aliphatic carbocycles. The van der Waals surface area contributed by atoms with Crippen LogP contribution in [0.15, 0.2) is 47.6 Å². The molecule has 4 rings (SSSR count). The Labute approximate surface area is 153 Å². The third-order valence-corrected chi connectivity index (χ3v) is 5.31. The zero-order valence-corrected chi connectivity index (χ0v) is 15.2. The van der Waals surface area contributed by atoms with Crippen molar-refractivity contribution in [1.29, 1.82) is 0 Å². The summed E-state index contributed by atoms with van der Waals surface area (Å²) in [4.78, 5) is 12.4. The average Bonchev–Trinajstić information content (AvgIpc) is 3.07. The number of para-hydroxylation sites is 1. The minimum Gasteiger partial charge on any atom is -0.497 e. The van der Waals surface area contributed by atoms with Gasteiger partial charge in [-0.2, -0.15) is 5.10 Å². The predicted molar refractivity (Wildman–Crippen MR) is 99.6 cm³/mol. The van der Waals surface area contributed by atoms with E-state index in [2.05, 4.69) is 6.07 Å². The monoisotopic (exact) mass is 350 g/mol. The summed E-state index contributed by atoms with van der Waals surface area (Å²) in [6.07, 6.45) is 1.91. The maximum atomic E-state index is 12.4. The fraction of sp³-hybridized carbons (Fsp3) is 0.333. The van der Waals surface area contributed by atoms with Gasteiger partial charge in [0, 0.05) is 24.0 Å². The number of fused-ring (bicyclic) bond motifs is 3. The van der Waals surface area contributed by atoms with Crippen molar-refractivity contribution in [3.8, 4) is 11.5 Å². The fourth-order valence-corrected chi connectivity index (χ4v) is 4.10. The van der Waals surface area contributed by atoms with Crippen molar-refractivity contribution >= 4 is 11.6 Å². The Morgan fingerprint density at radius 3 is 2.69 bits per heavy atom. The summed E-state index contributed by atoms with van der Waals surface area (Å²) in [7, 11) is 3.33. The maximum absolute atomic E-state index is 12.4. The van der Waals surface area contributed by atoms with Crippen molar-refractivity contribution in [2.75, 3.05) is 14.2 Å². The summed E-state index contributed by atoms with van der Waals surface area (Å²) in [6.45, 7) is 1.57. The molecule has 0 bridgehead atoms. The number of methoxy groups -OCH3 is 2.